The van der Waals surface area contributed by atoms with Gasteiger partial charge in [0.05, 0.1) is 13.1 Å². The van der Waals surface area contributed by atoms with Crippen molar-refractivity contribution in [1.29, 1.82) is 0 Å². The van der Waals surface area contributed by atoms with Gasteiger partial charge in [0.25, 0.3) is 5.56 Å². The Labute approximate surface area is 188 Å². The van der Waals surface area contributed by atoms with Crippen LogP contribution in [0.4, 0.5) is 5.95 Å². The van der Waals surface area contributed by atoms with Gasteiger partial charge >= 0.3 is 0 Å². The summed E-state index contributed by atoms with van der Waals surface area (Å²) in [7, 11) is 0. The summed E-state index contributed by atoms with van der Waals surface area (Å²) in [5.74, 6) is 1.72. The molecule has 8 heteroatoms. The zero-order valence-electron chi connectivity index (χ0n) is 18.4. The summed E-state index contributed by atoms with van der Waals surface area (Å²) in [4.78, 5) is 30.0. The molecule has 0 atom stereocenters. The van der Waals surface area contributed by atoms with Crippen molar-refractivity contribution in [2.45, 2.75) is 20.0 Å². The summed E-state index contributed by atoms with van der Waals surface area (Å²) in [6.45, 7) is 7.56. The summed E-state index contributed by atoms with van der Waals surface area (Å²) in [6.07, 6.45) is 5.38. The predicted octanol–water partition coefficient (Wildman–Crippen LogP) is 1.97. The fraction of sp³-hybridized carbons (Fsp3) is 0.333. The molecule has 1 saturated heterocycles. The Morgan fingerprint density at radius 2 is 1.69 bits per heavy atom. The van der Waals surface area contributed by atoms with Crippen LogP contribution in [0.3, 0.4) is 0 Å². The zero-order valence-corrected chi connectivity index (χ0v) is 18.4. The van der Waals surface area contributed by atoms with E-state index in [4.69, 9.17) is 4.99 Å². The van der Waals surface area contributed by atoms with E-state index in [1.165, 1.54) is 0 Å². The number of hydrogen-bond donors (Lipinski definition) is 1. The number of piperazine rings is 1. The molecular weight excluding hydrogens is 402 g/mol. The van der Waals surface area contributed by atoms with E-state index in [1.54, 1.807) is 29.1 Å². The topological polar surface area (TPSA) is 78.7 Å². The van der Waals surface area contributed by atoms with Gasteiger partial charge in [-0.25, -0.2) is 15.0 Å². The van der Waals surface area contributed by atoms with Gasteiger partial charge in [-0.15, -0.1) is 0 Å². The highest BCUT2D eigenvalue weighted by atomic mass is 16.1. The third kappa shape index (κ3) is 5.51. The maximum absolute atomic E-state index is 11.9. The maximum Gasteiger partial charge on any atom is 0.250 e. The molecule has 1 aliphatic heterocycles. The Bertz CT molecular complexity index is 1070. The molecule has 0 aliphatic carbocycles. The number of aromatic nitrogens is 3. The molecule has 0 saturated carbocycles. The highest BCUT2D eigenvalue weighted by molar-refractivity contribution is 5.80. The molecule has 1 aromatic carbocycles. The van der Waals surface area contributed by atoms with Crippen molar-refractivity contribution >= 4 is 11.9 Å². The van der Waals surface area contributed by atoms with Crippen molar-refractivity contribution in [1.82, 2.24) is 24.8 Å². The Hall–Kier alpha value is -3.68. The van der Waals surface area contributed by atoms with Crippen molar-refractivity contribution in [2.75, 3.05) is 37.6 Å². The third-order valence-corrected chi connectivity index (χ3v) is 5.44. The van der Waals surface area contributed by atoms with Gasteiger partial charge in [-0.1, -0.05) is 30.3 Å². The molecule has 2 aromatic heterocycles. The van der Waals surface area contributed by atoms with Crippen molar-refractivity contribution in [3.8, 4) is 0 Å². The van der Waals surface area contributed by atoms with Gasteiger partial charge in [-0.2, -0.15) is 0 Å². The fourth-order valence-corrected chi connectivity index (χ4v) is 3.70. The molecule has 0 spiro atoms. The number of anilines is 1. The minimum atomic E-state index is 0.00961. The van der Waals surface area contributed by atoms with Crippen molar-refractivity contribution < 1.29 is 0 Å². The number of hydrogen-bond acceptors (Lipinski definition) is 5. The molecule has 1 fully saturated rings. The molecule has 166 valence electrons. The number of pyridine rings is 1. The number of benzene rings is 1. The summed E-state index contributed by atoms with van der Waals surface area (Å²) in [5.41, 5.74) is 2.24. The molecule has 3 aromatic rings. The van der Waals surface area contributed by atoms with Gasteiger partial charge in [-0.3, -0.25) is 4.79 Å². The van der Waals surface area contributed by atoms with Gasteiger partial charge in [0.2, 0.25) is 5.95 Å². The smallest absolute Gasteiger partial charge is 0.250 e. The Kier molecular flexibility index (Phi) is 7.12. The highest BCUT2D eigenvalue weighted by Gasteiger charge is 2.21. The van der Waals surface area contributed by atoms with Crippen LogP contribution in [0.5, 0.6) is 0 Å². The van der Waals surface area contributed by atoms with Crippen LogP contribution in [0.2, 0.25) is 0 Å². The first-order chi connectivity index (χ1) is 15.7. The minimum Gasteiger partial charge on any atom is -0.357 e. The van der Waals surface area contributed by atoms with Gasteiger partial charge < -0.3 is 19.7 Å². The van der Waals surface area contributed by atoms with Crippen LogP contribution in [-0.2, 0) is 13.1 Å². The van der Waals surface area contributed by atoms with Crippen LogP contribution in [0.1, 0.15) is 18.1 Å². The van der Waals surface area contributed by atoms with Crippen molar-refractivity contribution in [3.05, 3.63) is 88.6 Å². The molecule has 8 nitrogen and oxygen atoms in total. The lowest BCUT2D eigenvalue weighted by atomic mass is 10.1. The fourth-order valence-electron chi connectivity index (χ4n) is 3.70. The van der Waals surface area contributed by atoms with Crippen molar-refractivity contribution in [3.63, 3.8) is 0 Å². The molecule has 1 N–H and O–H groups in total. The lowest BCUT2D eigenvalue weighted by Gasteiger charge is -2.36. The quantitative estimate of drug-likeness (QED) is 0.475. The van der Waals surface area contributed by atoms with E-state index in [0.29, 0.717) is 13.1 Å². The van der Waals surface area contributed by atoms with Crippen LogP contribution in [-0.4, -0.2) is 58.1 Å². The van der Waals surface area contributed by atoms with Gasteiger partial charge in [0, 0.05) is 57.4 Å². The first-order valence-electron chi connectivity index (χ1n) is 11.0. The van der Waals surface area contributed by atoms with Gasteiger partial charge in [0.15, 0.2) is 5.96 Å². The van der Waals surface area contributed by atoms with Crippen LogP contribution in [0.15, 0.2) is 76.9 Å². The van der Waals surface area contributed by atoms with Gasteiger partial charge in [-0.05, 0) is 30.2 Å². The molecule has 0 unspecified atom stereocenters. The van der Waals surface area contributed by atoms with E-state index in [9.17, 15) is 4.79 Å². The summed E-state index contributed by atoms with van der Waals surface area (Å²) < 4.78 is 1.70. The van der Waals surface area contributed by atoms with Crippen LogP contribution < -0.4 is 15.8 Å². The number of aliphatic imine (C=N–C) groups is 1. The number of rotatable bonds is 6. The first kappa shape index (κ1) is 21.5. The normalized spacial score (nSPS) is 14.5. The lowest BCUT2D eigenvalue weighted by Crippen LogP contribution is -2.52. The van der Waals surface area contributed by atoms with E-state index in [1.807, 2.05) is 18.3 Å². The second-order valence-corrected chi connectivity index (χ2v) is 7.68. The lowest BCUT2D eigenvalue weighted by molar-refractivity contribution is 0.370. The van der Waals surface area contributed by atoms with Crippen molar-refractivity contribution in [2.24, 2.45) is 4.99 Å². The Balaban J connectivity index is 1.36. The standard InChI is InChI=1S/C24H29N7O/c1-2-25-23(29-14-16-30(17-15-29)24-26-11-5-12-27-24)28-18-20-7-9-21(10-8-20)19-31-13-4-3-6-22(31)32/h3-13H,2,14-19H2,1H3,(H,25,28). The molecule has 0 amide bonds. The molecule has 3 heterocycles. The number of nitrogens with zero attached hydrogens (tertiary/aromatic N) is 6. The van der Waals surface area contributed by atoms with Crippen LogP contribution >= 0.6 is 0 Å². The van der Waals surface area contributed by atoms with E-state index >= 15 is 0 Å². The first-order valence-corrected chi connectivity index (χ1v) is 11.0. The van der Waals surface area contributed by atoms with E-state index in [0.717, 1.165) is 55.8 Å². The molecule has 0 bridgehead atoms. The summed E-state index contributed by atoms with van der Waals surface area (Å²) in [6, 6.07) is 15.4. The van der Waals surface area contributed by atoms with E-state index < -0.39 is 0 Å². The summed E-state index contributed by atoms with van der Waals surface area (Å²) >= 11 is 0. The molecular formula is C24H29N7O. The number of nitrogens with one attached hydrogen (secondary N) is 1. The highest BCUT2D eigenvalue weighted by Crippen LogP contribution is 2.11. The molecule has 0 radical (unpaired) electrons. The largest absolute Gasteiger partial charge is 0.357 e. The second kappa shape index (κ2) is 10.6. The zero-order chi connectivity index (χ0) is 22.2. The Morgan fingerprint density at radius 3 is 2.38 bits per heavy atom. The molecule has 32 heavy (non-hydrogen) atoms. The van der Waals surface area contributed by atoms with Crippen LogP contribution in [0, 0.1) is 0 Å². The van der Waals surface area contributed by atoms with Crippen LogP contribution in [0.25, 0.3) is 0 Å². The molecule has 1 aliphatic rings. The minimum absolute atomic E-state index is 0.00961. The average molecular weight is 432 g/mol. The second-order valence-electron chi connectivity index (χ2n) is 7.68. The SMILES string of the molecule is CCNC(=NCc1ccc(Cn2ccccc2=O)cc1)N1CCN(c2ncccn2)CC1. The van der Waals surface area contributed by atoms with Gasteiger partial charge in [0.1, 0.15) is 0 Å². The third-order valence-electron chi connectivity index (χ3n) is 5.44. The average Bonchev–Trinajstić information content (AvgIpc) is 2.85. The molecule has 4 rings (SSSR count). The maximum atomic E-state index is 11.9. The predicted molar refractivity (Wildman–Crippen MR) is 127 cm³/mol. The Morgan fingerprint density at radius 1 is 0.969 bits per heavy atom. The van der Waals surface area contributed by atoms with E-state index in [-0.39, 0.29) is 5.56 Å². The summed E-state index contributed by atoms with van der Waals surface area (Å²) in [5, 5.41) is 3.42. The monoisotopic (exact) mass is 431 g/mol. The number of guanidine groups is 1. The van der Waals surface area contributed by atoms with E-state index in [2.05, 4.69) is 56.3 Å².